The van der Waals surface area contributed by atoms with Crippen LogP contribution in [0.25, 0.3) is 0 Å². The molecule has 0 saturated carbocycles. The van der Waals surface area contributed by atoms with E-state index in [1.165, 1.54) is 12.8 Å². The molecule has 4 heteroatoms. The second-order valence-electron chi connectivity index (χ2n) is 3.08. The Balaban J connectivity index is 0. The fourth-order valence-corrected chi connectivity index (χ4v) is 1.03. The highest BCUT2D eigenvalue weighted by Crippen LogP contribution is 2.12. The van der Waals surface area contributed by atoms with Crippen molar-refractivity contribution < 1.29 is 4.79 Å². The molecule has 0 aliphatic carbocycles. The minimum Gasteiger partial charge on any atom is -0.376 e. The average molecular weight is 218 g/mol. The molecule has 0 fully saturated rings. The highest BCUT2D eigenvalue weighted by molar-refractivity contribution is 7.80. The normalized spacial score (nSPS) is 10.8. The number of hydrogen-bond donors (Lipinski definition) is 2. The van der Waals surface area contributed by atoms with Crippen LogP contribution >= 0.6 is 12.2 Å². The first-order chi connectivity index (χ1) is 6.62. The summed E-state index contributed by atoms with van der Waals surface area (Å²) in [7, 11) is 1.68. The Kier molecular flexibility index (Phi) is 14.0. The van der Waals surface area contributed by atoms with E-state index >= 15 is 0 Å². The van der Waals surface area contributed by atoms with Crippen LogP contribution in [0.15, 0.2) is 0 Å². The maximum atomic E-state index is 10.0. The van der Waals surface area contributed by atoms with Gasteiger partial charge in [0, 0.05) is 13.5 Å². The van der Waals surface area contributed by atoms with Gasteiger partial charge >= 0.3 is 0 Å². The van der Waals surface area contributed by atoms with Crippen molar-refractivity contribution in [2.24, 2.45) is 11.7 Å². The van der Waals surface area contributed by atoms with Gasteiger partial charge in [-0.05, 0) is 18.1 Å². The molecule has 0 aliphatic rings. The maximum absolute atomic E-state index is 10.0. The summed E-state index contributed by atoms with van der Waals surface area (Å²) in [6.45, 7) is 4.30. The monoisotopic (exact) mass is 218 g/mol. The molecule has 0 aliphatic heterocycles. The number of carbonyl (C=O) groups is 1. The van der Waals surface area contributed by atoms with Crippen LogP contribution in [0, 0.1) is 5.92 Å². The van der Waals surface area contributed by atoms with Gasteiger partial charge in [-0.2, -0.15) is 0 Å². The van der Waals surface area contributed by atoms with Gasteiger partial charge in [-0.1, -0.05) is 33.1 Å². The molecule has 0 rings (SSSR count). The predicted octanol–water partition coefficient (Wildman–Crippen LogP) is 1.85. The molecule has 3 N–H and O–H groups in total. The molecule has 0 heterocycles. The smallest absolute Gasteiger partial charge is 0.163 e. The summed E-state index contributed by atoms with van der Waals surface area (Å²) in [4.78, 5) is 10.0. The van der Waals surface area contributed by atoms with E-state index in [-0.39, 0.29) is 0 Å². The van der Waals surface area contributed by atoms with Crippen molar-refractivity contribution >= 4 is 23.6 Å². The molecule has 0 aromatic carbocycles. The van der Waals surface area contributed by atoms with E-state index in [0.717, 1.165) is 19.1 Å². The SMILES string of the molecule is CCCC(CC)CC=O.CNC(N)=S. The summed E-state index contributed by atoms with van der Waals surface area (Å²) in [6.07, 6.45) is 5.34. The average Bonchev–Trinajstić information content (AvgIpc) is 2.18. The molecule has 14 heavy (non-hydrogen) atoms. The van der Waals surface area contributed by atoms with Gasteiger partial charge in [-0.25, -0.2) is 0 Å². The zero-order valence-corrected chi connectivity index (χ0v) is 10.2. The summed E-state index contributed by atoms with van der Waals surface area (Å²) in [6, 6.07) is 0. The summed E-state index contributed by atoms with van der Waals surface area (Å²) in [5.74, 6) is 0.646. The van der Waals surface area contributed by atoms with Crippen LogP contribution in [0.2, 0.25) is 0 Å². The number of carbonyl (C=O) groups excluding carboxylic acids is 1. The fraction of sp³-hybridized carbons (Fsp3) is 0.800. The number of rotatable bonds is 5. The predicted molar refractivity (Wildman–Crippen MR) is 65.2 cm³/mol. The van der Waals surface area contributed by atoms with Crippen molar-refractivity contribution in [3.63, 3.8) is 0 Å². The van der Waals surface area contributed by atoms with Crippen LogP contribution < -0.4 is 11.1 Å². The van der Waals surface area contributed by atoms with Crippen LogP contribution in [0.1, 0.15) is 39.5 Å². The standard InChI is InChI=1S/C8H16O.C2H6N2S/c1-3-5-8(4-2)6-7-9;1-4-2(3)5/h7-8H,3-6H2,1-2H3;1H3,(H3,3,4,5). The lowest BCUT2D eigenvalue weighted by molar-refractivity contribution is -0.108. The first kappa shape index (κ1) is 15.8. The van der Waals surface area contributed by atoms with Crippen molar-refractivity contribution in [1.82, 2.24) is 5.32 Å². The molecule has 0 amide bonds. The van der Waals surface area contributed by atoms with E-state index in [9.17, 15) is 4.79 Å². The second-order valence-corrected chi connectivity index (χ2v) is 3.52. The second kappa shape index (κ2) is 12.4. The molecule has 0 aromatic heterocycles. The van der Waals surface area contributed by atoms with E-state index in [1.807, 2.05) is 0 Å². The number of hydrogen-bond acceptors (Lipinski definition) is 2. The quantitative estimate of drug-likeness (QED) is 0.546. The Morgan fingerprint density at radius 1 is 1.57 bits per heavy atom. The van der Waals surface area contributed by atoms with Gasteiger partial charge in [-0.3, -0.25) is 0 Å². The van der Waals surface area contributed by atoms with Crippen molar-refractivity contribution in [1.29, 1.82) is 0 Å². The third-order valence-corrected chi connectivity index (χ3v) is 2.15. The first-order valence-corrected chi connectivity index (χ1v) is 5.43. The van der Waals surface area contributed by atoms with E-state index in [4.69, 9.17) is 5.73 Å². The Bertz CT molecular complexity index is 151. The van der Waals surface area contributed by atoms with Gasteiger partial charge in [0.25, 0.3) is 0 Å². The largest absolute Gasteiger partial charge is 0.376 e. The molecular formula is C10H22N2OS. The highest BCUT2D eigenvalue weighted by atomic mass is 32.1. The zero-order chi connectivity index (χ0) is 11.4. The Labute approximate surface area is 92.4 Å². The molecule has 0 aromatic rings. The molecule has 1 atom stereocenters. The van der Waals surface area contributed by atoms with Crippen LogP contribution in [0.5, 0.6) is 0 Å². The van der Waals surface area contributed by atoms with E-state index in [1.54, 1.807) is 7.05 Å². The Hall–Kier alpha value is -0.640. The number of aldehydes is 1. The van der Waals surface area contributed by atoms with Crippen molar-refractivity contribution in [3.05, 3.63) is 0 Å². The number of thiocarbonyl (C=S) groups is 1. The molecule has 0 radical (unpaired) electrons. The van der Waals surface area contributed by atoms with Gasteiger partial charge in [0.2, 0.25) is 0 Å². The van der Waals surface area contributed by atoms with Gasteiger partial charge in [0.1, 0.15) is 6.29 Å². The molecule has 0 bridgehead atoms. The van der Waals surface area contributed by atoms with Gasteiger partial charge in [0.15, 0.2) is 5.11 Å². The summed E-state index contributed by atoms with van der Waals surface area (Å²) < 4.78 is 0. The topological polar surface area (TPSA) is 55.1 Å². The Morgan fingerprint density at radius 2 is 2.07 bits per heavy atom. The van der Waals surface area contributed by atoms with Crippen molar-refractivity contribution in [3.8, 4) is 0 Å². The van der Waals surface area contributed by atoms with Gasteiger partial charge in [0.05, 0.1) is 0 Å². The zero-order valence-electron chi connectivity index (χ0n) is 9.38. The number of nitrogens with one attached hydrogen (secondary N) is 1. The van der Waals surface area contributed by atoms with Crippen LogP contribution in [-0.4, -0.2) is 18.4 Å². The highest BCUT2D eigenvalue weighted by Gasteiger charge is 2.01. The van der Waals surface area contributed by atoms with E-state index in [2.05, 4.69) is 31.4 Å². The minimum absolute atomic E-state index is 0.338. The molecule has 1 unspecified atom stereocenters. The van der Waals surface area contributed by atoms with Crippen LogP contribution in [0.3, 0.4) is 0 Å². The lowest BCUT2D eigenvalue weighted by atomic mass is 9.98. The third kappa shape index (κ3) is 13.9. The summed E-state index contributed by atoms with van der Waals surface area (Å²) >= 11 is 4.36. The molecule has 0 spiro atoms. The minimum atomic E-state index is 0.338. The van der Waals surface area contributed by atoms with E-state index < -0.39 is 0 Å². The fourth-order valence-electron chi connectivity index (χ4n) is 1.03. The molecule has 0 saturated heterocycles. The lowest BCUT2D eigenvalue weighted by Crippen LogP contribution is -2.24. The summed E-state index contributed by atoms with van der Waals surface area (Å²) in [5, 5.41) is 2.88. The van der Waals surface area contributed by atoms with Crippen LogP contribution in [-0.2, 0) is 4.79 Å². The van der Waals surface area contributed by atoms with Crippen LogP contribution in [0.4, 0.5) is 0 Å². The van der Waals surface area contributed by atoms with Gasteiger partial charge in [-0.15, -0.1) is 0 Å². The Morgan fingerprint density at radius 3 is 2.29 bits per heavy atom. The maximum Gasteiger partial charge on any atom is 0.163 e. The van der Waals surface area contributed by atoms with Crippen molar-refractivity contribution in [2.75, 3.05) is 7.05 Å². The lowest BCUT2D eigenvalue weighted by Gasteiger charge is -2.07. The van der Waals surface area contributed by atoms with Crippen molar-refractivity contribution in [2.45, 2.75) is 39.5 Å². The molecule has 84 valence electrons. The molecular weight excluding hydrogens is 196 g/mol. The number of nitrogens with two attached hydrogens (primary N) is 1. The molecule has 3 nitrogen and oxygen atoms in total. The third-order valence-electron chi connectivity index (χ3n) is 1.95. The van der Waals surface area contributed by atoms with Gasteiger partial charge < -0.3 is 15.8 Å². The van der Waals surface area contributed by atoms with E-state index in [0.29, 0.717) is 11.0 Å². The first-order valence-electron chi connectivity index (χ1n) is 5.03. The summed E-state index contributed by atoms with van der Waals surface area (Å²) in [5.41, 5.74) is 4.91.